The molecule has 18 nitrogen and oxygen atoms in total. The number of aromatic hydroxyl groups is 2. The van der Waals surface area contributed by atoms with Crippen molar-refractivity contribution in [2.24, 2.45) is 0 Å². The monoisotopic (exact) mass is 636 g/mol. The molecule has 0 aliphatic carbocycles. The van der Waals surface area contributed by atoms with Crippen molar-refractivity contribution < 1.29 is 67.8 Å². The molecule has 0 aliphatic rings. The van der Waals surface area contributed by atoms with Gasteiger partial charge in [0.05, 0.1) is 36.5 Å². The molecular formula is C22H30N4O14P2-2. The van der Waals surface area contributed by atoms with Crippen molar-refractivity contribution >= 4 is 27.6 Å². The first-order chi connectivity index (χ1) is 19.4. The quantitative estimate of drug-likeness (QED) is 0.0980. The number of hydrogen-bond acceptors (Lipinski definition) is 14. The number of carbonyl (C=O) groups is 2. The second kappa shape index (κ2) is 14.9. The van der Waals surface area contributed by atoms with Gasteiger partial charge in [-0.3, -0.25) is 28.8 Å². The van der Waals surface area contributed by atoms with Crippen LogP contribution in [0.5, 0.6) is 11.5 Å². The fourth-order valence-corrected chi connectivity index (χ4v) is 4.42. The fraction of sp³-hybridized carbons (Fsp3) is 0.455. The minimum atomic E-state index is -4.91. The number of pyridine rings is 2. The van der Waals surface area contributed by atoms with Crippen molar-refractivity contribution in [1.29, 1.82) is 0 Å². The van der Waals surface area contributed by atoms with Gasteiger partial charge in [0.1, 0.15) is 11.5 Å². The maximum atomic E-state index is 11.5. The molecule has 0 unspecified atom stereocenters. The third-order valence-electron chi connectivity index (χ3n) is 5.84. The van der Waals surface area contributed by atoms with E-state index in [0.717, 1.165) is 0 Å². The Morgan fingerprint density at radius 3 is 1.38 bits per heavy atom. The highest BCUT2D eigenvalue weighted by atomic mass is 31.2. The topological polar surface area (TPSA) is 286 Å². The zero-order valence-corrected chi connectivity index (χ0v) is 24.2. The van der Waals surface area contributed by atoms with Gasteiger partial charge in [0.25, 0.3) is 0 Å². The molecule has 0 atom stereocenters. The summed E-state index contributed by atoms with van der Waals surface area (Å²) in [4.78, 5) is 69.5. The van der Waals surface area contributed by atoms with E-state index in [1.54, 1.807) is 0 Å². The molecule has 42 heavy (non-hydrogen) atoms. The number of carboxylic acids is 2. The number of rotatable bonds is 17. The van der Waals surface area contributed by atoms with Gasteiger partial charge in [-0.2, -0.15) is 0 Å². The second-order valence-corrected chi connectivity index (χ2v) is 11.6. The molecule has 2 rings (SSSR count). The van der Waals surface area contributed by atoms with Crippen LogP contribution in [0.15, 0.2) is 12.4 Å². The van der Waals surface area contributed by atoms with Crippen molar-refractivity contribution in [1.82, 2.24) is 19.8 Å². The summed E-state index contributed by atoms with van der Waals surface area (Å²) >= 11 is 0. The highest BCUT2D eigenvalue weighted by Crippen LogP contribution is 2.39. The molecule has 2 heterocycles. The van der Waals surface area contributed by atoms with Gasteiger partial charge in [0.15, 0.2) is 0 Å². The Morgan fingerprint density at radius 2 is 1.10 bits per heavy atom. The molecule has 234 valence electrons. The Hall–Kier alpha value is -3.02. The van der Waals surface area contributed by atoms with Crippen LogP contribution in [0, 0.1) is 13.8 Å². The molecule has 0 bridgehead atoms. The highest BCUT2D eigenvalue weighted by molar-refractivity contribution is 7.46. The van der Waals surface area contributed by atoms with E-state index in [4.69, 9.17) is 19.6 Å². The molecule has 0 saturated carbocycles. The van der Waals surface area contributed by atoms with Gasteiger partial charge in [-0.05, 0) is 13.8 Å². The number of aromatic nitrogens is 2. The van der Waals surface area contributed by atoms with E-state index in [-0.39, 0.29) is 71.3 Å². The zero-order valence-electron chi connectivity index (χ0n) is 22.4. The Bertz CT molecular complexity index is 1280. The maximum absolute atomic E-state index is 11.5. The minimum Gasteiger partial charge on any atom is -0.549 e. The first-order valence-electron chi connectivity index (χ1n) is 11.9. The summed E-state index contributed by atoms with van der Waals surface area (Å²) in [6.07, 6.45) is 2.38. The molecule has 0 aromatic carbocycles. The molecule has 0 saturated heterocycles. The highest BCUT2D eigenvalue weighted by Gasteiger charge is 2.23. The Kier molecular flexibility index (Phi) is 12.5. The Morgan fingerprint density at radius 1 is 0.762 bits per heavy atom. The van der Waals surface area contributed by atoms with Gasteiger partial charge in [-0.25, -0.2) is 9.13 Å². The predicted octanol–water partition coefficient (Wildman–Crippen LogP) is -2.47. The SMILES string of the molecule is Cc1ncc(COP(=O)(O)O)c(CN(CCN(CC(=O)[O-])Cc2c(COP(=O)(O)O)cnc(C)c2O)CC(=O)[O-])c1O. The molecule has 0 aliphatic heterocycles. The first kappa shape index (κ1) is 35.2. The second-order valence-electron chi connectivity index (χ2n) is 9.09. The van der Waals surface area contributed by atoms with Crippen LogP contribution < -0.4 is 10.2 Å². The van der Waals surface area contributed by atoms with Crippen molar-refractivity contribution in [3.63, 3.8) is 0 Å². The summed E-state index contributed by atoms with van der Waals surface area (Å²) in [5.41, 5.74) is 0.438. The van der Waals surface area contributed by atoms with Crippen LogP contribution in [0.2, 0.25) is 0 Å². The predicted molar refractivity (Wildman–Crippen MR) is 136 cm³/mol. The van der Waals surface area contributed by atoms with Crippen molar-refractivity contribution in [3.8, 4) is 11.5 Å². The summed E-state index contributed by atoms with van der Waals surface area (Å²) in [5, 5.41) is 44.1. The molecule has 20 heteroatoms. The average Bonchev–Trinajstić information content (AvgIpc) is 2.85. The molecule has 0 radical (unpaired) electrons. The van der Waals surface area contributed by atoms with Crippen LogP contribution in [0.3, 0.4) is 0 Å². The van der Waals surface area contributed by atoms with Gasteiger partial charge >= 0.3 is 15.6 Å². The molecular weight excluding hydrogens is 606 g/mol. The summed E-state index contributed by atoms with van der Waals surface area (Å²) in [6.45, 7) is -0.874. The number of hydrogen-bond donors (Lipinski definition) is 6. The van der Waals surface area contributed by atoms with Crippen molar-refractivity contribution in [3.05, 3.63) is 46.0 Å². The third-order valence-corrected chi connectivity index (χ3v) is 6.77. The lowest BCUT2D eigenvalue weighted by atomic mass is 10.1. The van der Waals surface area contributed by atoms with E-state index in [0.29, 0.717) is 0 Å². The van der Waals surface area contributed by atoms with Crippen molar-refractivity contribution in [2.45, 2.75) is 40.2 Å². The van der Waals surface area contributed by atoms with Crippen LogP contribution in [0.1, 0.15) is 33.6 Å². The normalized spacial score (nSPS) is 12.3. The van der Waals surface area contributed by atoms with Gasteiger partial charge in [0.2, 0.25) is 0 Å². The standard InChI is InChI=1S/C22H32N4O14P2/c1-13-21(31)17(15(5-23-13)11-39-41(33,34)35)7-25(9-19(27)28)3-4-26(10-20(29)30)8-18-16(12-40-42(36,37)38)6-24-14(2)22(18)32/h5-6,31-32H,3-4,7-12H2,1-2H3,(H,27,28)(H,29,30)(H2,33,34,35)(H2,36,37,38)/p-2. The molecule has 6 N–H and O–H groups in total. The summed E-state index contributed by atoms with van der Waals surface area (Å²) in [5.74, 6) is -3.83. The third kappa shape index (κ3) is 11.7. The van der Waals surface area contributed by atoms with Crippen LogP contribution in [-0.4, -0.2) is 87.7 Å². The first-order valence-corrected chi connectivity index (χ1v) is 15.0. The van der Waals surface area contributed by atoms with E-state index in [1.807, 2.05) is 0 Å². The van der Waals surface area contributed by atoms with Crippen LogP contribution >= 0.6 is 15.6 Å². The van der Waals surface area contributed by atoms with Gasteiger partial charge < -0.3 is 49.6 Å². The lowest BCUT2D eigenvalue weighted by molar-refractivity contribution is -0.308. The van der Waals surface area contributed by atoms with E-state index in [1.165, 1.54) is 36.0 Å². The van der Waals surface area contributed by atoms with Crippen LogP contribution in [0.25, 0.3) is 0 Å². The van der Waals surface area contributed by atoms with Gasteiger partial charge in [-0.15, -0.1) is 0 Å². The number of aliphatic carboxylic acids is 2. The van der Waals surface area contributed by atoms with Crippen LogP contribution in [-0.2, 0) is 54.1 Å². The number of carbonyl (C=O) groups excluding carboxylic acids is 2. The number of phosphoric acid groups is 2. The lowest BCUT2D eigenvalue weighted by Crippen LogP contribution is -2.44. The summed E-state index contributed by atoms with van der Waals surface area (Å²) < 4.78 is 31.3. The number of carboxylic acid groups (broad SMARTS) is 2. The Balaban J connectivity index is 2.35. The van der Waals surface area contributed by atoms with Crippen LogP contribution in [0.4, 0.5) is 0 Å². The summed E-state index contributed by atoms with van der Waals surface area (Å²) in [7, 11) is -9.81. The molecule has 2 aromatic heterocycles. The van der Waals surface area contributed by atoms with Gasteiger partial charge in [0, 0.05) is 73.9 Å². The van der Waals surface area contributed by atoms with E-state index in [2.05, 4.69) is 19.0 Å². The molecule has 0 spiro atoms. The molecule has 2 aromatic rings. The lowest BCUT2D eigenvalue weighted by Gasteiger charge is -2.30. The zero-order chi connectivity index (χ0) is 31.8. The van der Waals surface area contributed by atoms with E-state index < -0.39 is 53.9 Å². The average molecular weight is 636 g/mol. The Labute approximate surface area is 239 Å². The van der Waals surface area contributed by atoms with E-state index in [9.17, 15) is 39.1 Å². The van der Waals surface area contributed by atoms with Crippen molar-refractivity contribution in [2.75, 3.05) is 26.2 Å². The summed E-state index contributed by atoms with van der Waals surface area (Å²) in [6, 6.07) is 0. The maximum Gasteiger partial charge on any atom is 0.469 e. The largest absolute Gasteiger partial charge is 0.549 e. The minimum absolute atomic E-state index is 0.0444. The fourth-order valence-electron chi connectivity index (χ4n) is 3.80. The number of phosphoric ester groups is 2. The number of nitrogens with zero attached hydrogens (tertiary/aromatic N) is 4. The van der Waals surface area contributed by atoms with Gasteiger partial charge in [-0.1, -0.05) is 0 Å². The molecule has 0 amide bonds. The molecule has 0 fully saturated rings. The smallest absolute Gasteiger partial charge is 0.469 e. The van der Waals surface area contributed by atoms with E-state index >= 15 is 0 Å². The number of aryl methyl sites for hydroxylation is 2.